The zero-order chi connectivity index (χ0) is 15.6. The highest BCUT2D eigenvalue weighted by Crippen LogP contribution is 2.32. The number of anilines is 2. The van der Waals surface area contributed by atoms with Gasteiger partial charge in [0.25, 0.3) is 0 Å². The summed E-state index contributed by atoms with van der Waals surface area (Å²) in [5.41, 5.74) is 1.46. The number of benzene rings is 2. The van der Waals surface area contributed by atoms with Gasteiger partial charge in [0.15, 0.2) is 11.6 Å². The van der Waals surface area contributed by atoms with Crippen LogP contribution in [0.3, 0.4) is 0 Å². The molecule has 6 heteroatoms. The highest BCUT2D eigenvalue weighted by atomic mass is 35.5. The second-order valence-corrected chi connectivity index (χ2v) is 5.15. The minimum Gasteiger partial charge on any atom is -0.379 e. The lowest BCUT2D eigenvalue weighted by molar-refractivity contribution is 0.490. The minimum atomic E-state index is -1.20. The Balaban J connectivity index is 2.25. The molecule has 0 saturated carbocycles. The molecule has 0 saturated heterocycles. The number of nitrogens with zero attached hydrogens (tertiary/aromatic N) is 1. The number of rotatable bonds is 4. The summed E-state index contributed by atoms with van der Waals surface area (Å²) in [6, 6.07) is 6.65. The molecule has 0 atom stereocenters. The van der Waals surface area contributed by atoms with Gasteiger partial charge in [-0.1, -0.05) is 17.7 Å². The van der Waals surface area contributed by atoms with Crippen LogP contribution in [-0.2, 0) is 6.54 Å². The van der Waals surface area contributed by atoms with Crippen molar-refractivity contribution in [2.24, 2.45) is 0 Å². The predicted molar refractivity (Wildman–Crippen MR) is 79.4 cm³/mol. The van der Waals surface area contributed by atoms with Crippen LogP contribution in [0, 0.1) is 17.5 Å². The van der Waals surface area contributed by atoms with Crippen molar-refractivity contribution in [2.75, 3.05) is 24.3 Å². The lowest BCUT2D eigenvalue weighted by atomic mass is 10.2. The Hall–Kier alpha value is -1.88. The van der Waals surface area contributed by atoms with E-state index < -0.39 is 17.5 Å². The van der Waals surface area contributed by atoms with E-state index in [1.807, 2.05) is 19.0 Å². The third-order valence-electron chi connectivity index (χ3n) is 2.99. The molecule has 112 valence electrons. The smallest absolute Gasteiger partial charge is 0.161 e. The molecule has 0 amide bonds. The quantitative estimate of drug-likeness (QED) is 0.840. The third kappa shape index (κ3) is 3.42. The molecule has 2 aromatic rings. The van der Waals surface area contributed by atoms with Gasteiger partial charge in [0.1, 0.15) is 5.82 Å². The van der Waals surface area contributed by atoms with E-state index in [1.165, 1.54) is 0 Å². The molecular weight excluding hydrogens is 301 g/mol. The molecule has 2 rings (SSSR count). The van der Waals surface area contributed by atoms with Gasteiger partial charge in [-0.2, -0.15) is 0 Å². The molecule has 0 radical (unpaired) electrons. The van der Waals surface area contributed by atoms with Gasteiger partial charge in [-0.3, -0.25) is 0 Å². The van der Waals surface area contributed by atoms with E-state index in [-0.39, 0.29) is 12.1 Å². The largest absolute Gasteiger partial charge is 0.379 e. The molecule has 0 fully saturated rings. The van der Waals surface area contributed by atoms with Gasteiger partial charge in [-0.25, -0.2) is 13.2 Å². The minimum absolute atomic E-state index is 0.0181. The number of hydrogen-bond donors (Lipinski definition) is 1. The molecule has 0 bridgehead atoms. The summed E-state index contributed by atoms with van der Waals surface area (Å²) in [4.78, 5) is 1.81. The first kappa shape index (κ1) is 15.5. The Morgan fingerprint density at radius 3 is 2.38 bits per heavy atom. The summed E-state index contributed by atoms with van der Waals surface area (Å²) in [6.45, 7) is 0.0181. The summed E-state index contributed by atoms with van der Waals surface area (Å²) in [5, 5.41) is 3.52. The van der Waals surface area contributed by atoms with Crippen molar-refractivity contribution in [3.63, 3.8) is 0 Å². The highest BCUT2D eigenvalue weighted by Gasteiger charge is 2.12. The van der Waals surface area contributed by atoms with E-state index in [0.717, 1.165) is 11.8 Å². The van der Waals surface area contributed by atoms with E-state index in [1.54, 1.807) is 18.2 Å². The molecule has 0 spiro atoms. The fourth-order valence-corrected chi connectivity index (χ4v) is 2.35. The van der Waals surface area contributed by atoms with Crippen molar-refractivity contribution >= 4 is 23.0 Å². The fraction of sp³-hybridized carbons (Fsp3) is 0.200. The van der Waals surface area contributed by atoms with Crippen molar-refractivity contribution in [2.45, 2.75) is 6.54 Å². The molecular formula is C15H14ClF3N2. The number of para-hydroxylation sites is 1. The Morgan fingerprint density at radius 2 is 1.71 bits per heavy atom. The summed E-state index contributed by atoms with van der Waals surface area (Å²) in [6.07, 6.45) is 0. The molecule has 0 aliphatic carbocycles. The monoisotopic (exact) mass is 314 g/mol. The maximum absolute atomic E-state index is 13.6. The Morgan fingerprint density at radius 1 is 1.05 bits per heavy atom. The van der Waals surface area contributed by atoms with Gasteiger partial charge in [-0.05, 0) is 18.2 Å². The van der Waals surface area contributed by atoms with E-state index >= 15 is 0 Å². The molecule has 0 unspecified atom stereocenters. The first-order chi connectivity index (χ1) is 9.90. The van der Waals surface area contributed by atoms with Crippen molar-refractivity contribution in [1.82, 2.24) is 0 Å². The van der Waals surface area contributed by atoms with E-state index in [2.05, 4.69) is 5.32 Å². The Bertz CT molecular complexity index is 660. The topological polar surface area (TPSA) is 15.3 Å². The molecule has 2 nitrogen and oxygen atoms in total. The average molecular weight is 315 g/mol. The summed E-state index contributed by atoms with van der Waals surface area (Å²) >= 11 is 6.12. The highest BCUT2D eigenvalue weighted by molar-refractivity contribution is 6.34. The molecule has 0 aliphatic rings. The normalized spacial score (nSPS) is 10.6. The van der Waals surface area contributed by atoms with Gasteiger partial charge in [0.05, 0.1) is 16.4 Å². The van der Waals surface area contributed by atoms with Crippen LogP contribution < -0.4 is 10.2 Å². The molecule has 0 aromatic heterocycles. The maximum Gasteiger partial charge on any atom is 0.161 e. The van der Waals surface area contributed by atoms with E-state index in [0.29, 0.717) is 16.8 Å². The second-order valence-electron chi connectivity index (χ2n) is 4.74. The maximum atomic E-state index is 13.6. The zero-order valence-corrected chi connectivity index (χ0v) is 12.3. The lowest BCUT2D eigenvalue weighted by Gasteiger charge is -2.20. The van der Waals surface area contributed by atoms with Crippen LogP contribution in [0.15, 0.2) is 30.3 Å². The molecule has 2 aromatic carbocycles. The number of nitrogens with one attached hydrogen (secondary N) is 1. The molecule has 0 aliphatic heterocycles. The Labute approximate surface area is 126 Å². The summed E-state index contributed by atoms with van der Waals surface area (Å²) in [5.74, 6) is -3.07. The number of hydrogen-bond acceptors (Lipinski definition) is 2. The third-order valence-corrected chi connectivity index (χ3v) is 3.30. The average Bonchev–Trinajstić information content (AvgIpc) is 2.41. The SMILES string of the molecule is CN(C)c1c(Cl)cccc1NCc1cc(F)c(F)cc1F. The lowest BCUT2D eigenvalue weighted by Crippen LogP contribution is -2.13. The second kappa shape index (κ2) is 6.26. The van der Waals surface area contributed by atoms with Crippen LogP contribution in [0.4, 0.5) is 24.5 Å². The van der Waals surface area contributed by atoms with Crippen LogP contribution in [-0.4, -0.2) is 14.1 Å². The molecule has 0 heterocycles. The summed E-state index contributed by atoms with van der Waals surface area (Å²) < 4.78 is 39.6. The Kier molecular flexibility index (Phi) is 4.63. The first-order valence-electron chi connectivity index (χ1n) is 6.23. The van der Waals surface area contributed by atoms with Crippen LogP contribution in [0.1, 0.15) is 5.56 Å². The predicted octanol–water partition coefficient (Wildman–Crippen LogP) is 4.44. The van der Waals surface area contributed by atoms with Crippen molar-refractivity contribution in [3.8, 4) is 0 Å². The van der Waals surface area contributed by atoms with Crippen molar-refractivity contribution < 1.29 is 13.2 Å². The van der Waals surface area contributed by atoms with Crippen molar-refractivity contribution in [3.05, 3.63) is 58.4 Å². The standard InChI is InChI=1S/C15H14ClF3N2/c1-21(2)15-10(16)4-3-5-14(15)20-8-9-6-12(18)13(19)7-11(9)17/h3-7,20H,8H2,1-2H3. The van der Waals surface area contributed by atoms with E-state index in [4.69, 9.17) is 11.6 Å². The van der Waals surface area contributed by atoms with Gasteiger partial charge in [-0.15, -0.1) is 0 Å². The number of halogens is 4. The van der Waals surface area contributed by atoms with Crippen LogP contribution in [0.2, 0.25) is 5.02 Å². The van der Waals surface area contributed by atoms with Gasteiger partial charge in [0, 0.05) is 32.3 Å². The van der Waals surface area contributed by atoms with Crippen LogP contribution in [0.25, 0.3) is 0 Å². The first-order valence-corrected chi connectivity index (χ1v) is 6.61. The van der Waals surface area contributed by atoms with Crippen LogP contribution in [0.5, 0.6) is 0 Å². The van der Waals surface area contributed by atoms with E-state index in [9.17, 15) is 13.2 Å². The molecule has 1 N–H and O–H groups in total. The zero-order valence-electron chi connectivity index (χ0n) is 11.6. The fourth-order valence-electron chi connectivity index (χ4n) is 2.00. The van der Waals surface area contributed by atoms with Gasteiger partial charge in [0.2, 0.25) is 0 Å². The van der Waals surface area contributed by atoms with Gasteiger partial charge >= 0.3 is 0 Å². The molecule has 21 heavy (non-hydrogen) atoms. The van der Waals surface area contributed by atoms with Crippen LogP contribution >= 0.6 is 11.6 Å². The summed E-state index contributed by atoms with van der Waals surface area (Å²) in [7, 11) is 3.65. The van der Waals surface area contributed by atoms with Gasteiger partial charge < -0.3 is 10.2 Å². The van der Waals surface area contributed by atoms with Crippen molar-refractivity contribution in [1.29, 1.82) is 0 Å².